The summed E-state index contributed by atoms with van der Waals surface area (Å²) in [6.07, 6.45) is 0. The van der Waals surface area contributed by atoms with Gasteiger partial charge in [0.05, 0.1) is 0 Å². The van der Waals surface area contributed by atoms with Crippen LogP contribution in [0.2, 0.25) is 13.1 Å². The van der Waals surface area contributed by atoms with Crippen LogP contribution in [-0.2, 0) is 0 Å². The number of benzene rings is 1. The van der Waals surface area contributed by atoms with E-state index in [0.717, 1.165) is 0 Å². The zero-order valence-electron chi connectivity index (χ0n) is 15.9. The Labute approximate surface area is 161 Å². The third-order valence-electron chi connectivity index (χ3n) is 4.82. The van der Waals surface area contributed by atoms with E-state index in [1.54, 1.807) is 10.8 Å². The van der Waals surface area contributed by atoms with E-state index in [0.29, 0.717) is 5.92 Å². The molecule has 1 aliphatic carbocycles. The second-order valence-corrected chi connectivity index (χ2v) is 10.7. The Balaban J connectivity index is 0.00000220. The third kappa shape index (κ3) is 4.25. The van der Waals surface area contributed by atoms with Crippen LogP contribution in [-0.4, -0.2) is 46.0 Å². The predicted molar refractivity (Wildman–Crippen MR) is 104 cm³/mol. The average Bonchev–Trinajstić information content (AvgIpc) is 2.57. The Bertz CT molecular complexity index is 586. The van der Waals surface area contributed by atoms with E-state index in [2.05, 4.69) is 77.0 Å². The molecule has 0 amide bonds. The van der Waals surface area contributed by atoms with Crippen molar-refractivity contribution in [2.24, 2.45) is 5.92 Å². The number of hydrogen-bond acceptors (Lipinski definition) is 1. The Morgan fingerprint density at radius 1 is 0.864 bits per heavy atom. The van der Waals surface area contributed by atoms with Crippen molar-refractivity contribution in [3.63, 3.8) is 0 Å². The maximum atomic E-state index is 3.84. The number of anilines is 1. The SMILES string of the molecule is CC1=C(C)C(C)C([Si](C)(C)Nc2ccc(C)cc2)=C1C.[Li].[Li]. The Hall–Kier alpha value is -0.0883. The van der Waals surface area contributed by atoms with Gasteiger partial charge < -0.3 is 4.98 Å². The summed E-state index contributed by atoms with van der Waals surface area (Å²) in [5, 5.41) is 1.66. The van der Waals surface area contributed by atoms with Crippen molar-refractivity contribution in [1.29, 1.82) is 0 Å². The molecular weight excluding hydrogens is 272 g/mol. The molecule has 1 nitrogen and oxygen atoms in total. The molecule has 1 atom stereocenters. The van der Waals surface area contributed by atoms with Crippen LogP contribution < -0.4 is 4.98 Å². The molecule has 0 fully saturated rings. The monoisotopic (exact) mass is 299 g/mol. The van der Waals surface area contributed by atoms with Crippen LogP contribution in [0.5, 0.6) is 0 Å². The van der Waals surface area contributed by atoms with E-state index in [9.17, 15) is 0 Å². The number of allylic oxidation sites excluding steroid dienone is 4. The van der Waals surface area contributed by atoms with E-state index in [1.165, 1.54) is 22.4 Å². The van der Waals surface area contributed by atoms with Crippen LogP contribution in [0.1, 0.15) is 33.3 Å². The van der Waals surface area contributed by atoms with E-state index >= 15 is 0 Å². The molecule has 0 aliphatic heterocycles. The summed E-state index contributed by atoms with van der Waals surface area (Å²) in [6.45, 7) is 16.2. The number of aryl methyl sites for hydroxylation is 1. The molecule has 22 heavy (non-hydrogen) atoms. The molecule has 0 saturated heterocycles. The zero-order valence-corrected chi connectivity index (χ0v) is 16.9. The summed E-state index contributed by atoms with van der Waals surface area (Å²) in [5.74, 6) is 0.592. The molecule has 0 bridgehead atoms. The fourth-order valence-corrected chi connectivity index (χ4v) is 6.89. The maximum Gasteiger partial charge on any atom is 0.176 e. The Kier molecular flexibility index (Phi) is 8.11. The quantitative estimate of drug-likeness (QED) is 0.798. The van der Waals surface area contributed by atoms with Gasteiger partial charge in [-0.15, -0.1) is 0 Å². The number of nitrogens with one attached hydrogen (secondary N) is 1. The third-order valence-corrected chi connectivity index (χ3v) is 7.89. The van der Waals surface area contributed by atoms with Crippen molar-refractivity contribution in [1.82, 2.24) is 0 Å². The van der Waals surface area contributed by atoms with Gasteiger partial charge in [-0.3, -0.25) is 0 Å². The molecule has 0 aromatic heterocycles. The van der Waals surface area contributed by atoms with E-state index in [1.807, 2.05) is 0 Å². The van der Waals surface area contributed by atoms with Gasteiger partial charge in [-0.1, -0.05) is 41.0 Å². The van der Waals surface area contributed by atoms with Crippen LogP contribution in [0.15, 0.2) is 46.2 Å². The smallest absolute Gasteiger partial charge is 0.176 e. The van der Waals surface area contributed by atoms with Crippen molar-refractivity contribution in [3.05, 3.63) is 51.7 Å². The van der Waals surface area contributed by atoms with Crippen molar-refractivity contribution in [2.75, 3.05) is 4.98 Å². The standard InChI is InChI=1S/C18H27NSi.2Li/c1-12-8-10-17(11-9-12)19-20(6,7)18-15(4)13(2)14(3)16(18)5;;/h8-11,15,19H,1-7H3;;. The maximum absolute atomic E-state index is 3.84. The molecule has 1 N–H and O–H groups in total. The van der Waals surface area contributed by atoms with Gasteiger partial charge in [0.25, 0.3) is 0 Å². The summed E-state index contributed by atoms with van der Waals surface area (Å²) < 4.78 is 0. The normalized spacial score (nSPS) is 18.0. The Morgan fingerprint density at radius 3 is 1.77 bits per heavy atom. The minimum absolute atomic E-state index is 0. The average molecular weight is 299 g/mol. The summed E-state index contributed by atoms with van der Waals surface area (Å²) in [5.41, 5.74) is 7.13. The fourth-order valence-electron chi connectivity index (χ4n) is 3.44. The van der Waals surface area contributed by atoms with Crippen molar-refractivity contribution in [3.8, 4) is 0 Å². The first-order valence-electron chi connectivity index (χ1n) is 7.48. The summed E-state index contributed by atoms with van der Waals surface area (Å²) in [7, 11) is -1.65. The fraction of sp³-hybridized carbons (Fsp3) is 0.444. The number of hydrogen-bond donors (Lipinski definition) is 1. The zero-order chi connectivity index (χ0) is 15.1. The van der Waals surface area contributed by atoms with Gasteiger partial charge in [-0.2, -0.15) is 0 Å². The molecule has 2 rings (SSSR count). The van der Waals surface area contributed by atoms with Crippen molar-refractivity contribution in [2.45, 2.75) is 47.7 Å². The van der Waals surface area contributed by atoms with Gasteiger partial charge in [-0.05, 0) is 64.4 Å². The van der Waals surface area contributed by atoms with Crippen molar-refractivity contribution < 1.29 is 0 Å². The second kappa shape index (κ2) is 8.14. The van der Waals surface area contributed by atoms with Gasteiger partial charge in [0.1, 0.15) is 0 Å². The minimum Gasteiger partial charge on any atom is -0.407 e. The topological polar surface area (TPSA) is 12.0 Å². The summed E-state index contributed by atoms with van der Waals surface area (Å²) in [4.78, 5) is 3.84. The van der Waals surface area contributed by atoms with Crippen LogP contribution in [0.4, 0.5) is 5.69 Å². The van der Waals surface area contributed by atoms with Crippen molar-refractivity contribution >= 4 is 51.6 Å². The molecule has 0 heterocycles. The first-order chi connectivity index (χ1) is 9.24. The number of rotatable bonds is 3. The molecule has 4 heteroatoms. The van der Waals surface area contributed by atoms with E-state index < -0.39 is 8.24 Å². The van der Waals surface area contributed by atoms with Gasteiger partial charge in [0, 0.05) is 43.4 Å². The van der Waals surface area contributed by atoms with Crippen LogP contribution in [0.3, 0.4) is 0 Å². The van der Waals surface area contributed by atoms with Gasteiger partial charge in [-0.25, -0.2) is 0 Å². The van der Waals surface area contributed by atoms with Gasteiger partial charge in [0.2, 0.25) is 0 Å². The van der Waals surface area contributed by atoms with E-state index in [4.69, 9.17) is 0 Å². The second-order valence-electron chi connectivity index (χ2n) is 6.68. The minimum atomic E-state index is -1.65. The van der Waals surface area contributed by atoms with Crippen LogP contribution in [0.25, 0.3) is 0 Å². The molecule has 1 aromatic carbocycles. The van der Waals surface area contributed by atoms with E-state index in [-0.39, 0.29) is 37.7 Å². The molecule has 0 spiro atoms. The summed E-state index contributed by atoms with van der Waals surface area (Å²) in [6, 6.07) is 8.77. The Morgan fingerprint density at radius 2 is 1.36 bits per heavy atom. The first-order valence-corrected chi connectivity index (χ1v) is 10.5. The largest absolute Gasteiger partial charge is 0.407 e. The molecule has 1 unspecified atom stereocenters. The molecule has 0 saturated carbocycles. The molecule has 1 aromatic rings. The predicted octanol–water partition coefficient (Wildman–Crippen LogP) is 4.69. The van der Waals surface area contributed by atoms with Gasteiger partial charge >= 0.3 is 0 Å². The van der Waals surface area contributed by atoms with Crippen LogP contribution >= 0.6 is 0 Å². The summed E-state index contributed by atoms with van der Waals surface area (Å²) >= 11 is 0. The van der Waals surface area contributed by atoms with Gasteiger partial charge in [0.15, 0.2) is 8.24 Å². The van der Waals surface area contributed by atoms with Crippen LogP contribution in [0, 0.1) is 12.8 Å². The molecule has 2 radical (unpaired) electrons. The molecular formula is C18H27Li2NSi. The first kappa shape index (κ1) is 21.9. The molecule has 110 valence electrons. The molecule has 1 aliphatic rings.